The van der Waals surface area contributed by atoms with Crippen LogP contribution in [0.5, 0.6) is 11.5 Å². The number of carbonyl (C=O) groups excluding carboxylic acids is 4. The van der Waals surface area contributed by atoms with Gasteiger partial charge >= 0.3 is 5.97 Å². The third-order valence-electron chi connectivity index (χ3n) is 14.0. The number of carbonyl (C=O) groups is 4. The van der Waals surface area contributed by atoms with Gasteiger partial charge in [0, 0.05) is 55.3 Å². The van der Waals surface area contributed by atoms with Crippen molar-refractivity contribution in [1.82, 2.24) is 19.5 Å². The Morgan fingerprint density at radius 3 is 2.48 bits per heavy atom. The largest absolute Gasteiger partial charge is 0.497 e. The number of Topliss-reactive ketones (excluding diaryl/α,β-unsaturated/α-hetero) is 1. The number of amides is 2. The highest BCUT2D eigenvalue weighted by molar-refractivity contribution is 7.91. The maximum atomic E-state index is 15.2. The van der Waals surface area contributed by atoms with Crippen LogP contribution in [0.1, 0.15) is 122 Å². The summed E-state index contributed by atoms with van der Waals surface area (Å²) >= 11 is 0. The lowest BCUT2D eigenvalue weighted by Crippen LogP contribution is -2.50. The minimum Gasteiger partial charge on any atom is -0.497 e. The molecule has 1 aromatic carbocycles. The summed E-state index contributed by atoms with van der Waals surface area (Å²) in [5.74, 6) is -1.57. The van der Waals surface area contributed by atoms with Crippen LogP contribution in [0.15, 0.2) is 30.4 Å². The molecule has 61 heavy (non-hydrogen) atoms. The summed E-state index contributed by atoms with van der Waals surface area (Å²) in [5, 5.41) is 0.902. The van der Waals surface area contributed by atoms with Crippen molar-refractivity contribution in [3.8, 4) is 11.5 Å². The fourth-order valence-corrected chi connectivity index (χ4v) is 11.5. The molecule has 6 atom stereocenters. The maximum Gasteiger partial charge on any atom is 0.307 e. The Balaban J connectivity index is 1.20. The second-order valence-corrected chi connectivity index (χ2v) is 21.9. The van der Waals surface area contributed by atoms with Crippen molar-refractivity contribution in [2.24, 2.45) is 17.3 Å². The van der Waals surface area contributed by atoms with E-state index in [-0.39, 0.29) is 49.5 Å². The van der Waals surface area contributed by atoms with Crippen LogP contribution in [0.3, 0.4) is 0 Å². The Morgan fingerprint density at radius 2 is 1.77 bits per heavy atom. The lowest BCUT2D eigenvalue weighted by Gasteiger charge is -2.45. The molecule has 8 rings (SSSR count). The molecule has 2 amide bonds. The monoisotopic (exact) mass is 862 g/mol. The van der Waals surface area contributed by atoms with Gasteiger partial charge in [-0.15, -0.1) is 0 Å². The number of morpholine rings is 1. The molecule has 0 bridgehead atoms. The number of ketones is 1. The lowest BCUT2D eigenvalue weighted by molar-refractivity contribution is -0.159. The first-order chi connectivity index (χ1) is 28.9. The van der Waals surface area contributed by atoms with Crippen LogP contribution < -0.4 is 14.2 Å². The zero-order valence-electron chi connectivity index (χ0n) is 36.5. The summed E-state index contributed by atoms with van der Waals surface area (Å²) in [4.78, 5) is 66.9. The summed E-state index contributed by atoms with van der Waals surface area (Å²) in [6.45, 7) is 11.5. The molecule has 2 aromatic rings. The Kier molecular flexibility index (Phi) is 11.6. The van der Waals surface area contributed by atoms with Gasteiger partial charge in [-0.05, 0) is 97.3 Å². The molecule has 332 valence electrons. The van der Waals surface area contributed by atoms with Gasteiger partial charge in [0.25, 0.3) is 0 Å². The normalized spacial score (nSPS) is 31.1. The number of aromatic nitrogens is 1. The third kappa shape index (κ3) is 8.67. The van der Waals surface area contributed by atoms with Gasteiger partial charge in [-0.2, -0.15) is 0 Å². The molecule has 15 heteroatoms. The first kappa shape index (κ1) is 43.6. The number of nitrogens with zero attached hydrogens (tertiary/aromatic N) is 3. The fraction of sp³-hybridized carbons (Fsp3) is 0.674. The molecular weight excluding hydrogens is 801 g/mol. The van der Waals surface area contributed by atoms with Crippen molar-refractivity contribution in [1.29, 1.82) is 0 Å². The smallest absolute Gasteiger partial charge is 0.307 e. The van der Waals surface area contributed by atoms with Gasteiger partial charge in [0.1, 0.15) is 22.7 Å². The van der Waals surface area contributed by atoms with E-state index in [4.69, 9.17) is 23.9 Å². The van der Waals surface area contributed by atoms with Crippen LogP contribution in [-0.2, 0) is 38.7 Å². The highest BCUT2D eigenvalue weighted by atomic mass is 32.2. The molecule has 2 saturated carbocycles. The van der Waals surface area contributed by atoms with Gasteiger partial charge in [-0.1, -0.05) is 25.0 Å². The minimum absolute atomic E-state index is 0.0815. The van der Waals surface area contributed by atoms with E-state index in [1.54, 1.807) is 39.7 Å². The van der Waals surface area contributed by atoms with Gasteiger partial charge in [-0.25, -0.2) is 13.4 Å². The van der Waals surface area contributed by atoms with E-state index in [0.717, 1.165) is 35.7 Å². The first-order valence-corrected chi connectivity index (χ1v) is 23.6. The summed E-state index contributed by atoms with van der Waals surface area (Å²) in [6, 6.07) is 4.63. The number of ether oxygens (including phenoxy) is 4. The summed E-state index contributed by atoms with van der Waals surface area (Å²) in [7, 11) is -2.34. The number of methoxy groups -OCH3 is 1. The molecule has 1 N–H and O–H groups in total. The van der Waals surface area contributed by atoms with Crippen LogP contribution in [-0.4, -0.2) is 109 Å². The Labute approximate surface area is 359 Å². The molecule has 6 aliphatic rings. The highest BCUT2D eigenvalue weighted by Crippen LogP contribution is 2.58. The molecule has 4 fully saturated rings. The zero-order valence-corrected chi connectivity index (χ0v) is 37.4. The van der Waals surface area contributed by atoms with E-state index in [2.05, 4.69) is 9.62 Å². The zero-order chi connectivity index (χ0) is 43.5. The van der Waals surface area contributed by atoms with Gasteiger partial charge in [0.15, 0.2) is 5.78 Å². The van der Waals surface area contributed by atoms with E-state index < -0.39 is 55.2 Å². The summed E-state index contributed by atoms with van der Waals surface area (Å²) in [5.41, 5.74) is -0.591. The molecule has 1 aromatic heterocycles. The summed E-state index contributed by atoms with van der Waals surface area (Å²) in [6.07, 6.45) is 8.98. The number of hydrogen-bond acceptors (Lipinski definition) is 12. The van der Waals surface area contributed by atoms with E-state index in [1.165, 1.54) is 0 Å². The van der Waals surface area contributed by atoms with Gasteiger partial charge in [0.05, 0.1) is 60.7 Å². The van der Waals surface area contributed by atoms with Crippen molar-refractivity contribution in [2.45, 2.75) is 140 Å². The van der Waals surface area contributed by atoms with Crippen LogP contribution in [0, 0.1) is 24.2 Å². The Morgan fingerprint density at radius 1 is 1.03 bits per heavy atom. The number of allylic oxidation sites excluding steroid dienone is 2. The average molecular weight is 863 g/mol. The predicted octanol–water partition coefficient (Wildman–Crippen LogP) is 5.88. The number of nitrogens with one attached hydrogen (secondary N) is 1. The standard InChI is InChI=1S/C46H62N4O10S/c1-29-40-39(33-23-32(57-6)14-15-34(33)47-29)36(49-18-20-58-21-19-49)26-45(60-40)25-35-37(51)27-46(42(54)48-61(55,56)44(5)16-17-44)24-31(46)13-11-9-7-8-10-12-30(41(53)50(35)28-45)22-38(52)59-43(2,3)4/h11,13-15,23,30-31,35-36H,7-10,12,16-22,24-28H2,1-6H3,(H,48,54)/b13-11-/t30-,31-,35+,36?,45+,46-/m1/s1. The van der Waals surface area contributed by atoms with Crippen LogP contribution in [0.25, 0.3) is 10.9 Å². The number of rotatable bonds is 7. The van der Waals surface area contributed by atoms with Crippen LogP contribution in [0.4, 0.5) is 0 Å². The Bertz CT molecular complexity index is 2230. The average Bonchev–Trinajstić information content (AvgIpc) is 4.10. The maximum absolute atomic E-state index is 15.2. The molecule has 5 heterocycles. The van der Waals surface area contributed by atoms with Gasteiger partial charge in [0.2, 0.25) is 21.8 Å². The van der Waals surface area contributed by atoms with E-state index in [0.29, 0.717) is 82.0 Å². The molecule has 4 aliphatic heterocycles. The molecule has 14 nitrogen and oxygen atoms in total. The van der Waals surface area contributed by atoms with Gasteiger partial charge < -0.3 is 23.8 Å². The number of pyridine rings is 1. The molecule has 0 radical (unpaired) electrons. The van der Waals surface area contributed by atoms with E-state index in [9.17, 15) is 18.0 Å². The van der Waals surface area contributed by atoms with Crippen molar-refractivity contribution in [3.05, 3.63) is 41.6 Å². The third-order valence-corrected chi connectivity index (χ3v) is 16.2. The number of sulfonamides is 1. The number of hydrogen-bond donors (Lipinski definition) is 1. The molecule has 2 aliphatic carbocycles. The predicted molar refractivity (Wildman–Crippen MR) is 227 cm³/mol. The second kappa shape index (κ2) is 16.2. The number of fused-ring (bicyclic) bond motifs is 5. The van der Waals surface area contributed by atoms with E-state index >= 15 is 9.59 Å². The lowest BCUT2D eigenvalue weighted by atomic mass is 9.81. The highest BCUT2D eigenvalue weighted by Gasteiger charge is 2.64. The molecule has 1 spiro atoms. The van der Waals surface area contributed by atoms with Crippen molar-refractivity contribution < 1.29 is 46.5 Å². The number of benzene rings is 1. The first-order valence-electron chi connectivity index (χ1n) is 22.1. The quantitative estimate of drug-likeness (QED) is 0.260. The SMILES string of the molecule is COc1ccc2nc(C)c3c(c2c1)C(N1CCOCC1)C[C@]1(C[C@H]2C(=O)C[C@]4(C(=O)NS(=O)(=O)C5(C)CC5)C[C@H]4/C=C\CCCCC[C@H](CC(=O)OC(C)(C)C)C(=O)N2C1)O3. The Hall–Kier alpha value is -4.08. The van der Waals surface area contributed by atoms with Crippen molar-refractivity contribution in [2.75, 3.05) is 40.0 Å². The van der Waals surface area contributed by atoms with E-state index in [1.807, 2.05) is 37.3 Å². The molecule has 1 unspecified atom stereocenters. The van der Waals surface area contributed by atoms with Crippen LogP contribution >= 0.6 is 0 Å². The molecule has 2 saturated heterocycles. The molecular formula is C46H62N4O10S. The minimum atomic E-state index is -3.97. The van der Waals surface area contributed by atoms with Crippen molar-refractivity contribution >= 4 is 44.5 Å². The fourth-order valence-electron chi connectivity index (χ4n) is 10.1. The number of aryl methyl sites for hydroxylation is 1. The second-order valence-electron chi connectivity index (χ2n) is 19.7. The van der Waals surface area contributed by atoms with Gasteiger partial charge in [-0.3, -0.25) is 28.8 Å². The number of esters is 1. The summed E-state index contributed by atoms with van der Waals surface area (Å²) < 4.78 is 52.5. The topological polar surface area (TPSA) is 171 Å². The van der Waals surface area contributed by atoms with Crippen molar-refractivity contribution in [3.63, 3.8) is 0 Å². The van der Waals surface area contributed by atoms with Crippen LogP contribution in [0.2, 0.25) is 0 Å².